The van der Waals surface area contributed by atoms with Gasteiger partial charge in [0.25, 0.3) is 0 Å². The number of aliphatic hydroxyl groups is 1. The number of aliphatic hydroxyl groups excluding tert-OH is 1. The largest absolute Gasteiger partial charge is 0.395 e. The van der Waals surface area contributed by atoms with Crippen molar-refractivity contribution in [2.75, 3.05) is 44.9 Å². The summed E-state index contributed by atoms with van der Waals surface area (Å²) in [6.45, 7) is 3.53. The lowest BCUT2D eigenvalue weighted by Gasteiger charge is -2.38. The first-order chi connectivity index (χ1) is 15.8. The molecule has 1 saturated heterocycles. The Balaban J connectivity index is 1.53. The lowest BCUT2D eigenvalue weighted by atomic mass is 9.81. The van der Waals surface area contributed by atoms with Crippen molar-refractivity contribution in [2.24, 2.45) is 0 Å². The van der Waals surface area contributed by atoms with Gasteiger partial charge < -0.3 is 14.7 Å². The second-order valence-corrected chi connectivity index (χ2v) is 10.6. The monoisotopic (exact) mass is 467 g/mol. The van der Waals surface area contributed by atoms with Gasteiger partial charge in [-0.3, -0.25) is 4.98 Å². The number of fused-ring (bicyclic) bond motifs is 2. The molecule has 33 heavy (non-hydrogen) atoms. The summed E-state index contributed by atoms with van der Waals surface area (Å²) in [4.78, 5) is 15.7. The Bertz CT molecular complexity index is 1290. The molecule has 0 amide bonds. The first-order valence-corrected chi connectivity index (χ1v) is 12.1. The van der Waals surface area contributed by atoms with E-state index in [-0.39, 0.29) is 23.5 Å². The summed E-state index contributed by atoms with van der Waals surface area (Å²) in [6, 6.07) is 9.07. The molecule has 0 aliphatic carbocycles. The Hall–Kier alpha value is -2.92. The quantitative estimate of drug-likeness (QED) is 0.585. The maximum Gasteiger partial charge on any atom is 0.242 e. The molecule has 0 bridgehead atoms. The number of ether oxygens (including phenoxy) is 1. The lowest BCUT2D eigenvalue weighted by Crippen LogP contribution is -2.49. The Morgan fingerprint density at radius 2 is 1.91 bits per heavy atom. The molecule has 1 aromatic carbocycles. The first-order valence-electron chi connectivity index (χ1n) is 10.7. The molecule has 0 unspecified atom stereocenters. The number of aromatic nitrogens is 3. The van der Waals surface area contributed by atoms with Crippen molar-refractivity contribution in [3.8, 4) is 11.3 Å². The molecule has 9 nitrogen and oxygen atoms in total. The van der Waals surface area contributed by atoms with Crippen molar-refractivity contribution in [1.29, 1.82) is 0 Å². The van der Waals surface area contributed by atoms with Gasteiger partial charge >= 0.3 is 0 Å². The third kappa shape index (κ3) is 3.68. The molecule has 3 aromatic rings. The third-order valence-electron chi connectivity index (χ3n) is 6.26. The summed E-state index contributed by atoms with van der Waals surface area (Å²) in [5.74, 6) is 0.495. The summed E-state index contributed by atoms with van der Waals surface area (Å²) in [5, 5.41) is 9.17. The fraction of sp³-hybridized carbons (Fsp3) is 0.348. The van der Waals surface area contributed by atoms with Crippen LogP contribution < -0.4 is 4.90 Å². The molecule has 0 saturated carbocycles. The van der Waals surface area contributed by atoms with Gasteiger partial charge in [0.1, 0.15) is 0 Å². The van der Waals surface area contributed by atoms with Crippen LogP contribution in [0, 0.1) is 6.92 Å². The predicted octanol–water partition coefficient (Wildman–Crippen LogP) is 1.88. The summed E-state index contributed by atoms with van der Waals surface area (Å²) in [6.07, 6.45) is 5.23. The molecule has 2 aromatic heterocycles. The van der Waals surface area contributed by atoms with Crippen LogP contribution in [-0.2, 0) is 20.2 Å². The Morgan fingerprint density at radius 3 is 2.55 bits per heavy atom. The molecule has 1 spiro atoms. The van der Waals surface area contributed by atoms with Gasteiger partial charge in [-0.25, -0.2) is 18.4 Å². The van der Waals surface area contributed by atoms with E-state index in [1.54, 1.807) is 30.7 Å². The predicted molar refractivity (Wildman–Crippen MR) is 123 cm³/mol. The number of hydrogen-bond acceptors (Lipinski definition) is 8. The number of sulfonamides is 1. The molecule has 172 valence electrons. The van der Waals surface area contributed by atoms with Gasteiger partial charge in [0.15, 0.2) is 0 Å². The second kappa shape index (κ2) is 8.14. The van der Waals surface area contributed by atoms with E-state index in [0.29, 0.717) is 25.7 Å². The van der Waals surface area contributed by atoms with Gasteiger partial charge in [-0.1, -0.05) is 6.07 Å². The van der Waals surface area contributed by atoms with Crippen LogP contribution in [0.1, 0.15) is 11.1 Å². The smallest absolute Gasteiger partial charge is 0.242 e. The average Bonchev–Trinajstić information content (AvgIpc) is 3.15. The van der Waals surface area contributed by atoms with Gasteiger partial charge in [-0.05, 0) is 42.3 Å². The highest BCUT2D eigenvalue weighted by Gasteiger charge is 2.49. The second-order valence-electron chi connectivity index (χ2n) is 8.58. The number of aryl methyl sites for hydroxylation is 1. The van der Waals surface area contributed by atoms with E-state index in [0.717, 1.165) is 32.4 Å². The van der Waals surface area contributed by atoms with Crippen molar-refractivity contribution in [1.82, 2.24) is 19.3 Å². The van der Waals surface area contributed by atoms with Crippen LogP contribution >= 0.6 is 0 Å². The molecule has 10 heteroatoms. The van der Waals surface area contributed by atoms with Gasteiger partial charge in [0, 0.05) is 50.0 Å². The van der Waals surface area contributed by atoms with Gasteiger partial charge in [-0.2, -0.15) is 4.31 Å². The number of anilines is 2. The van der Waals surface area contributed by atoms with E-state index >= 15 is 0 Å². The molecule has 4 heterocycles. The van der Waals surface area contributed by atoms with Crippen molar-refractivity contribution >= 4 is 21.7 Å². The third-order valence-corrected chi connectivity index (χ3v) is 8.12. The van der Waals surface area contributed by atoms with Crippen molar-refractivity contribution in [2.45, 2.75) is 17.2 Å². The van der Waals surface area contributed by atoms with E-state index in [1.807, 2.05) is 30.0 Å². The van der Waals surface area contributed by atoms with E-state index in [2.05, 4.69) is 15.0 Å². The first kappa shape index (κ1) is 21.9. The van der Waals surface area contributed by atoms with Crippen LogP contribution in [0.5, 0.6) is 0 Å². The molecular weight excluding hydrogens is 442 g/mol. The fourth-order valence-electron chi connectivity index (χ4n) is 4.32. The van der Waals surface area contributed by atoms with Crippen LogP contribution in [0.15, 0.2) is 53.8 Å². The highest BCUT2D eigenvalue weighted by molar-refractivity contribution is 7.89. The maximum absolute atomic E-state index is 13.0. The standard InChI is InChI=1S/C23H25N5O4S/c1-16-5-6-24-20(9-16)17-11-25-22(26-12-17)28-13-23(14-32-15-23)19-4-3-18(10-21(19)28)33(30,31)27(2)7-8-29/h3-6,9-12,29H,7-8,13-15H2,1-2H3. The molecule has 0 atom stereocenters. The Labute approximate surface area is 192 Å². The molecule has 2 aliphatic rings. The summed E-state index contributed by atoms with van der Waals surface area (Å²) in [5.41, 5.74) is 4.31. The van der Waals surface area contributed by atoms with Crippen LogP contribution in [-0.4, -0.2) is 72.7 Å². The molecule has 2 aliphatic heterocycles. The van der Waals surface area contributed by atoms with Crippen molar-refractivity contribution in [3.05, 3.63) is 60.0 Å². The maximum atomic E-state index is 13.0. The molecule has 1 fully saturated rings. The Morgan fingerprint density at radius 1 is 1.15 bits per heavy atom. The number of hydrogen-bond donors (Lipinski definition) is 1. The van der Waals surface area contributed by atoms with Crippen LogP contribution in [0.25, 0.3) is 11.3 Å². The number of benzene rings is 1. The average molecular weight is 468 g/mol. The number of nitrogens with zero attached hydrogens (tertiary/aromatic N) is 5. The van der Waals surface area contributed by atoms with Crippen LogP contribution in [0.3, 0.4) is 0 Å². The van der Waals surface area contributed by atoms with Crippen LogP contribution in [0.2, 0.25) is 0 Å². The molecular formula is C23H25N5O4S. The minimum Gasteiger partial charge on any atom is -0.395 e. The SMILES string of the molecule is Cc1ccnc(-c2cnc(N3CC4(COC4)c4ccc(S(=O)(=O)N(C)CCO)cc43)nc2)c1. The fourth-order valence-corrected chi connectivity index (χ4v) is 5.50. The molecule has 5 rings (SSSR count). The summed E-state index contributed by atoms with van der Waals surface area (Å²) >= 11 is 0. The van der Waals surface area contributed by atoms with Crippen molar-refractivity contribution < 1.29 is 18.3 Å². The zero-order valence-corrected chi connectivity index (χ0v) is 19.3. The van der Waals surface area contributed by atoms with Gasteiger partial charge in [0.05, 0.1) is 35.8 Å². The number of pyridine rings is 1. The van der Waals surface area contributed by atoms with E-state index in [9.17, 15) is 13.5 Å². The minimum absolute atomic E-state index is 0.0263. The summed E-state index contributed by atoms with van der Waals surface area (Å²) in [7, 11) is -2.28. The highest BCUT2D eigenvalue weighted by Crippen LogP contribution is 2.48. The zero-order chi connectivity index (χ0) is 23.2. The Kier molecular flexibility index (Phi) is 5.40. The van der Waals surface area contributed by atoms with E-state index < -0.39 is 10.0 Å². The van der Waals surface area contributed by atoms with Crippen molar-refractivity contribution in [3.63, 3.8) is 0 Å². The van der Waals surface area contributed by atoms with E-state index in [1.165, 1.54) is 7.05 Å². The zero-order valence-electron chi connectivity index (χ0n) is 18.5. The highest BCUT2D eigenvalue weighted by atomic mass is 32.2. The normalized spacial score (nSPS) is 16.8. The van der Waals surface area contributed by atoms with Gasteiger partial charge in [-0.15, -0.1) is 0 Å². The van der Waals surface area contributed by atoms with Crippen LogP contribution in [0.4, 0.5) is 11.6 Å². The molecule has 1 N–H and O–H groups in total. The minimum atomic E-state index is -3.73. The van der Waals surface area contributed by atoms with E-state index in [4.69, 9.17) is 4.74 Å². The number of rotatable bonds is 6. The lowest BCUT2D eigenvalue weighted by molar-refractivity contribution is -0.0507. The number of likely N-dealkylation sites (N-methyl/N-ethyl adjacent to an activating group) is 1. The van der Waals surface area contributed by atoms with Gasteiger partial charge in [0.2, 0.25) is 16.0 Å². The summed E-state index contributed by atoms with van der Waals surface area (Å²) < 4.78 is 32.6. The molecule has 0 radical (unpaired) electrons. The topological polar surface area (TPSA) is 109 Å².